The summed E-state index contributed by atoms with van der Waals surface area (Å²) in [6.45, 7) is 5.80. The Morgan fingerprint density at radius 1 is 1.71 bits per heavy atom. The van der Waals surface area contributed by atoms with E-state index >= 15 is 0 Å². The van der Waals surface area contributed by atoms with Gasteiger partial charge in [-0.15, -0.1) is 6.58 Å². The van der Waals surface area contributed by atoms with E-state index < -0.39 is 0 Å². The van der Waals surface area contributed by atoms with Gasteiger partial charge in [0.15, 0.2) is 0 Å². The molecule has 0 radical (unpaired) electrons. The molecule has 0 aliphatic carbocycles. The maximum absolute atomic E-state index is 11.7. The Morgan fingerprint density at radius 3 is 3.12 bits per heavy atom. The monoisotopic (exact) mass is 240 g/mol. The number of hydrogen-bond donors (Lipinski definition) is 1. The standard InChI is InChI=1S/C12H20N2O3/c1-3-5-13-12(16)10-8-11(15)14(9-10)6-4-7-17-2/h3,10H,1,4-9H2,2H3,(H,13,16). The van der Waals surface area contributed by atoms with Crippen LogP contribution in [0.15, 0.2) is 12.7 Å². The van der Waals surface area contributed by atoms with Crippen molar-refractivity contribution in [1.29, 1.82) is 0 Å². The number of likely N-dealkylation sites (tertiary alicyclic amines) is 1. The van der Waals surface area contributed by atoms with Gasteiger partial charge in [0.2, 0.25) is 11.8 Å². The number of ether oxygens (including phenoxy) is 1. The van der Waals surface area contributed by atoms with E-state index in [1.54, 1.807) is 18.1 Å². The molecule has 1 N–H and O–H groups in total. The minimum absolute atomic E-state index is 0.0554. The number of amides is 2. The summed E-state index contributed by atoms with van der Waals surface area (Å²) in [7, 11) is 1.64. The molecular formula is C12H20N2O3. The molecule has 1 heterocycles. The van der Waals surface area contributed by atoms with E-state index in [9.17, 15) is 9.59 Å². The summed E-state index contributed by atoms with van der Waals surface area (Å²) in [6, 6.07) is 0. The van der Waals surface area contributed by atoms with Crippen molar-refractivity contribution in [3.05, 3.63) is 12.7 Å². The topological polar surface area (TPSA) is 58.6 Å². The van der Waals surface area contributed by atoms with Crippen molar-refractivity contribution >= 4 is 11.8 Å². The van der Waals surface area contributed by atoms with Crippen LogP contribution in [-0.2, 0) is 14.3 Å². The Bertz CT molecular complexity index is 291. The molecule has 0 aromatic heterocycles. The van der Waals surface area contributed by atoms with E-state index in [2.05, 4.69) is 11.9 Å². The molecule has 1 rings (SSSR count). The Hall–Kier alpha value is -1.36. The molecule has 0 bridgehead atoms. The average Bonchev–Trinajstić information content (AvgIpc) is 2.68. The molecule has 1 saturated heterocycles. The lowest BCUT2D eigenvalue weighted by atomic mass is 10.1. The SMILES string of the molecule is C=CCNC(=O)C1CC(=O)N(CCCOC)C1. The summed E-state index contributed by atoms with van der Waals surface area (Å²) in [5, 5.41) is 2.72. The van der Waals surface area contributed by atoms with Gasteiger partial charge < -0.3 is 15.0 Å². The van der Waals surface area contributed by atoms with E-state index in [1.807, 2.05) is 0 Å². The first-order chi connectivity index (χ1) is 8.19. The highest BCUT2D eigenvalue weighted by atomic mass is 16.5. The summed E-state index contributed by atoms with van der Waals surface area (Å²) >= 11 is 0. The number of methoxy groups -OCH3 is 1. The number of carbonyl (C=O) groups excluding carboxylic acids is 2. The summed E-state index contributed by atoms with van der Waals surface area (Å²) < 4.78 is 4.94. The number of rotatable bonds is 7. The average molecular weight is 240 g/mol. The normalized spacial score (nSPS) is 19.5. The molecule has 1 unspecified atom stereocenters. The zero-order chi connectivity index (χ0) is 12.7. The first kappa shape index (κ1) is 13.7. The Balaban J connectivity index is 2.34. The lowest BCUT2D eigenvalue weighted by Gasteiger charge is -2.15. The molecular weight excluding hydrogens is 220 g/mol. The van der Waals surface area contributed by atoms with Gasteiger partial charge in [-0.05, 0) is 6.42 Å². The maximum Gasteiger partial charge on any atom is 0.225 e. The quantitative estimate of drug-likeness (QED) is 0.510. The largest absolute Gasteiger partial charge is 0.385 e. The van der Waals surface area contributed by atoms with Gasteiger partial charge >= 0.3 is 0 Å². The van der Waals surface area contributed by atoms with Crippen molar-refractivity contribution in [3.63, 3.8) is 0 Å². The molecule has 96 valence electrons. The third-order valence-corrected chi connectivity index (χ3v) is 2.78. The maximum atomic E-state index is 11.7. The second-order valence-corrected chi connectivity index (χ2v) is 4.12. The van der Waals surface area contributed by atoms with E-state index in [0.717, 1.165) is 6.42 Å². The van der Waals surface area contributed by atoms with Gasteiger partial charge in [-0.25, -0.2) is 0 Å². The van der Waals surface area contributed by atoms with E-state index in [-0.39, 0.29) is 17.7 Å². The number of nitrogens with zero attached hydrogens (tertiary/aromatic N) is 1. The van der Waals surface area contributed by atoms with E-state index in [0.29, 0.717) is 32.7 Å². The molecule has 2 amide bonds. The minimum atomic E-state index is -0.218. The van der Waals surface area contributed by atoms with Crippen LogP contribution in [0.4, 0.5) is 0 Å². The molecule has 17 heavy (non-hydrogen) atoms. The smallest absolute Gasteiger partial charge is 0.225 e. The van der Waals surface area contributed by atoms with Crippen LogP contribution >= 0.6 is 0 Å². The first-order valence-electron chi connectivity index (χ1n) is 5.84. The summed E-state index contributed by atoms with van der Waals surface area (Å²) in [4.78, 5) is 25.0. The summed E-state index contributed by atoms with van der Waals surface area (Å²) in [5.41, 5.74) is 0. The lowest BCUT2D eigenvalue weighted by Crippen LogP contribution is -2.33. The Morgan fingerprint density at radius 2 is 2.47 bits per heavy atom. The van der Waals surface area contributed by atoms with Crippen LogP contribution in [0, 0.1) is 5.92 Å². The van der Waals surface area contributed by atoms with Gasteiger partial charge in [-0.1, -0.05) is 6.08 Å². The Kier molecular flexibility index (Phi) is 5.69. The van der Waals surface area contributed by atoms with Crippen LogP contribution in [0.3, 0.4) is 0 Å². The Labute approximate surface area is 102 Å². The third kappa shape index (κ3) is 4.19. The lowest BCUT2D eigenvalue weighted by molar-refractivity contribution is -0.129. The van der Waals surface area contributed by atoms with E-state index in [4.69, 9.17) is 4.74 Å². The van der Waals surface area contributed by atoms with Crippen molar-refractivity contribution < 1.29 is 14.3 Å². The number of carbonyl (C=O) groups is 2. The highest BCUT2D eigenvalue weighted by Crippen LogP contribution is 2.17. The molecule has 0 spiro atoms. The highest BCUT2D eigenvalue weighted by molar-refractivity contribution is 5.89. The van der Waals surface area contributed by atoms with Crippen molar-refractivity contribution in [1.82, 2.24) is 10.2 Å². The van der Waals surface area contributed by atoms with E-state index in [1.165, 1.54) is 0 Å². The van der Waals surface area contributed by atoms with Gasteiger partial charge in [0.1, 0.15) is 0 Å². The zero-order valence-corrected chi connectivity index (χ0v) is 10.3. The molecule has 1 atom stereocenters. The van der Waals surface area contributed by atoms with Gasteiger partial charge in [0.25, 0.3) is 0 Å². The fraction of sp³-hybridized carbons (Fsp3) is 0.667. The van der Waals surface area contributed by atoms with Crippen LogP contribution in [0.1, 0.15) is 12.8 Å². The van der Waals surface area contributed by atoms with Gasteiger partial charge in [0, 0.05) is 39.8 Å². The van der Waals surface area contributed by atoms with Crippen LogP contribution in [0.5, 0.6) is 0 Å². The van der Waals surface area contributed by atoms with Crippen molar-refractivity contribution in [3.8, 4) is 0 Å². The highest BCUT2D eigenvalue weighted by Gasteiger charge is 2.33. The predicted octanol–water partition coefficient (Wildman–Crippen LogP) is 0.174. The van der Waals surface area contributed by atoms with Crippen LogP contribution in [0.2, 0.25) is 0 Å². The molecule has 0 saturated carbocycles. The molecule has 5 nitrogen and oxygen atoms in total. The predicted molar refractivity (Wildman–Crippen MR) is 64.4 cm³/mol. The number of nitrogens with one attached hydrogen (secondary N) is 1. The second-order valence-electron chi connectivity index (χ2n) is 4.12. The van der Waals surface area contributed by atoms with Crippen molar-refractivity contribution in [2.24, 2.45) is 5.92 Å². The van der Waals surface area contributed by atoms with Crippen LogP contribution in [-0.4, -0.2) is 50.1 Å². The second kappa shape index (κ2) is 7.06. The zero-order valence-electron chi connectivity index (χ0n) is 10.3. The molecule has 1 fully saturated rings. The minimum Gasteiger partial charge on any atom is -0.385 e. The fourth-order valence-corrected chi connectivity index (χ4v) is 1.88. The van der Waals surface area contributed by atoms with Crippen LogP contribution in [0.25, 0.3) is 0 Å². The first-order valence-corrected chi connectivity index (χ1v) is 5.84. The fourth-order valence-electron chi connectivity index (χ4n) is 1.88. The van der Waals surface area contributed by atoms with Crippen molar-refractivity contribution in [2.45, 2.75) is 12.8 Å². The number of hydrogen-bond acceptors (Lipinski definition) is 3. The van der Waals surface area contributed by atoms with Gasteiger partial charge in [0.05, 0.1) is 5.92 Å². The molecule has 0 aromatic carbocycles. The van der Waals surface area contributed by atoms with Gasteiger partial charge in [-0.2, -0.15) is 0 Å². The summed E-state index contributed by atoms with van der Waals surface area (Å²) in [6.07, 6.45) is 2.75. The molecule has 0 aromatic rings. The molecule has 1 aliphatic rings. The van der Waals surface area contributed by atoms with Crippen molar-refractivity contribution in [2.75, 3.05) is 33.4 Å². The molecule has 5 heteroatoms. The van der Waals surface area contributed by atoms with Gasteiger partial charge in [-0.3, -0.25) is 9.59 Å². The summed E-state index contributed by atoms with van der Waals surface area (Å²) in [5.74, 6) is -0.225. The third-order valence-electron chi connectivity index (χ3n) is 2.78. The molecule has 1 aliphatic heterocycles. The van der Waals surface area contributed by atoms with Crippen LogP contribution < -0.4 is 5.32 Å².